The third-order valence-corrected chi connectivity index (χ3v) is 11.2. The van der Waals surface area contributed by atoms with E-state index >= 15 is 4.79 Å². The number of rotatable bonds is 38. The zero-order valence-corrected chi connectivity index (χ0v) is 38.0. The Kier molecular flexibility index (Phi) is 32.8. The van der Waals surface area contributed by atoms with Gasteiger partial charge < -0.3 is 30.2 Å². The monoisotopic (exact) mass is 823 g/mol. The molecule has 0 bridgehead atoms. The number of amides is 4. The molecule has 0 aliphatic heterocycles. The Balaban J connectivity index is 7.54. The first kappa shape index (κ1) is 54.8. The van der Waals surface area contributed by atoms with Crippen molar-refractivity contribution in [1.82, 2.24) is 20.0 Å². The molecule has 0 aromatic carbocycles. The lowest BCUT2D eigenvalue weighted by Crippen LogP contribution is -2.65. The molecule has 0 fully saturated rings. The Morgan fingerprint density at radius 2 is 0.931 bits per heavy atom. The molecule has 4 amide bonds. The Bertz CT molecular complexity index is 1130. The number of carboxylic acid groups (broad SMARTS) is 2. The van der Waals surface area contributed by atoms with Crippen LogP contribution in [0.4, 0.5) is 0 Å². The molecule has 4 atom stereocenters. The van der Waals surface area contributed by atoms with Crippen molar-refractivity contribution < 1.29 is 39.0 Å². The third-order valence-electron chi connectivity index (χ3n) is 11.2. The molecule has 0 aromatic rings. The van der Waals surface area contributed by atoms with E-state index in [1.54, 1.807) is 9.80 Å². The highest BCUT2D eigenvalue weighted by molar-refractivity contribution is 5.93. The summed E-state index contributed by atoms with van der Waals surface area (Å²) in [5, 5.41) is 23.4. The van der Waals surface area contributed by atoms with Crippen LogP contribution in [-0.2, 0) is 28.8 Å². The van der Waals surface area contributed by atoms with Gasteiger partial charge in [0.05, 0.1) is 12.5 Å². The van der Waals surface area contributed by atoms with Crippen LogP contribution in [0.15, 0.2) is 0 Å². The maximum atomic E-state index is 15.1. The van der Waals surface area contributed by atoms with Gasteiger partial charge in [0.25, 0.3) is 0 Å². The van der Waals surface area contributed by atoms with Crippen LogP contribution < -0.4 is 5.32 Å². The average molecular weight is 823 g/mol. The van der Waals surface area contributed by atoms with Crippen molar-refractivity contribution in [3.63, 3.8) is 0 Å². The summed E-state index contributed by atoms with van der Waals surface area (Å²) in [6, 6.07) is -4.24. The van der Waals surface area contributed by atoms with Crippen LogP contribution in [0.2, 0.25) is 0 Å². The number of nitrogens with zero attached hydrogens (tertiary/aromatic N) is 3. The van der Waals surface area contributed by atoms with Crippen molar-refractivity contribution in [1.29, 1.82) is 0 Å². The minimum atomic E-state index is -1.46. The molecule has 0 saturated carbocycles. The second-order valence-corrected chi connectivity index (χ2v) is 16.3. The first-order valence-corrected chi connectivity index (χ1v) is 23.5. The van der Waals surface area contributed by atoms with Crippen LogP contribution in [0.5, 0.6) is 0 Å². The molecule has 0 aromatic heterocycles. The Morgan fingerprint density at radius 3 is 1.36 bits per heavy atom. The van der Waals surface area contributed by atoms with Gasteiger partial charge in [0, 0.05) is 44.9 Å². The fourth-order valence-corrected chi connectivity index (χ4v) is 7.54. The quantitative estimate of drug-likeness (QED) is 0.0519. The van der Waals surface area contributed by atoms with Gasteiger partial charge >= 0.3 is 11.9 Å². The van der Waals surface area contributed by atoms with E-state index in [0.29, 0.717) is 77.5 Å². The second kappa shape index (κ2) is 34.7. The summed E-state index contributed by atoms with van der Waals surface area (Å²) >= 11 is 0. The molecule has 0 saturated heterocycles. The van der Waals surface area contributed by atoms with Crippen molar-refractivity contribution >= 4 is 35.6 Å². The van der Waals surface area contributed by atoms with E-state index in [9.17, 15) is 34.2 Å². The van der Waals surface area contributed by atoms with Gasteiger partial charge in [-0.25, -0.2) is 0 Å². The summed E-state index contributed by atoms with van der Waals surface area (Å²) in [5.74, 6) is -4.85. The van der Waals surface area contributed by atoms with Crippen LogP contribution in [0.1, 0.15) is 209 Å². The predicted octanol–water partition coefficient (Wildman–Crippen LogP) is 9.37. The van der Waals surface area contributed by atoms with Gasteiger partial charge in [-0.05, 0) is 51.4 Å². The van der Waals surface area contributed by atoms with Crippen LogP contribution in [0, 0.1) is 5.92 Å². The summed E-state index contributed by atoms with van der Waals surface area (Å²) in [4.78, 5) is 88.6. The summed E-state index contributed by atoms with van der Waals surface area (Å²) in [7, 11) is 0. The van der Waals surface area contributed by atoms with Gasteiger partial charge in [0.2, 0.25) is 23.6 Å². The molecular weight excluding hydrogens is 737 g/mol. The molecule has 12 nitrogen and oxygen atoms in total. The molecule has 338 valence electrons. The van der Waals surface area contributed by atoms with Crippen LogP contribution in [0.25, 0.3) is 0 Å². The maximum absolute atomic E-state index is 15.1. The van der Waals surface area contributed by atoms with Gasteiger partial charge in [0.15, 0.2) is 0 Å². The van der Waals surface area contributed by atoms with E-state index in [-0.39, 0.29) is 12.8 Å². The summed E-state index contributed by atoms with van der Waals surface area (Å²) < 4.78 is 0. The fraction of sp³-hybridized carbons (Fsp3) is 0.870. The fourth-order valence-electron chi connectivity index (χ4n) is 7.54. The first-order valence-electron chi connectivity index (χ1n) is 23.5. The third kappa shape index (κ3) is 22.8. The molecule has 0 aliphatic rings. The molecule has 0 spiro atoms. The highest BCUT2D eigenvalue weighted by Crippen LogP contribution is 2.27. The number of carbonyl (C=O) groups excluding carboxylic acids is 4. The van der Waals surface area contributed by atoms with Gasteiger partial charge in [0.1, 0.15) is 12.1 Å². The van der Waals surface area contributed by atoms with Gasteiger partial charge in [-0.2, -0.15) is 0 Å². The molecular formula is C46H86N4O8. The smallest absolute Gasteiger partial charge is 0.305 e. The van der Waals surface area contributed by atoms with E-state index < -0.39 is 72.5 Å². The number of carbonyl (C=O) groups is 6. The van der Waals surface area contributed by atoms with E-state index in [1.807, 2.05) is 41.5 Å². The number of carboxylic acids is 2. The summed E-state index contributed by atoms with van der Waals surface area (Å²) in [5.41, 5.74) is 0. The van der Waals surface area contributed by atoms with E-state index in [0.717, 1.165) is 57.8 Å². The number of hydrogen-bond acceptors (Lipinski definition) is 6. The molecule has 0 heterocycles. The largest absolute Gasteiger partial charge is 0.481 e. The molecule has 58 heavy (non-hydrogen) atoms. The first-order chi connectivity index (χ1) is 27.9. The topological polar surface area (TPSA) is 165 Å². The van der Waals surface area contributed by atoms with Gasteiger partial charge in [-0.1, -0.05) is 138 Å². The zero-order valence-electron chi connectivity index (χ0n) is 38.0. The maximum Gasteiger partial charge on any atom is 0.305 e. The van der Waals surface area contributed by atoms with E-state index in [4.69, 9.17) is 0 Å². The molecule has 3 N–H and O–H groups in total. The summed E-state index contributed by atoms with van der Waals surface area (Å²) in [6.07, 6.45) is 16.7. The highest BCUT2D eigenvalue weighted by Gasteiger charge is 2.46. The lowest BCUT2D eigenvalue weighted by atomic mass is 9.91. The Hall–Kier alpha value is -3.18. The van der Waals surface area contributed by atoms with Crippen molar-refractivity contribution in [2.45, 2.75) is 227 Å². The normalized spacial score (nSPS) is 13.3. The number of nitrogens with one attached hydrogen (secondary N) is 1. The van der Waals surface area contributed by atoms with E-state index in [1.165, 1.54) is 30.6 Å². The Labute approximate surface area is 353 Å². The molecule has 2 unspecified atom stereocenters. The van der Waals surface area contributed by atoms with Crippen molar-refractivity contribution in [3.8, 4) is 0 Å². The van der Waals surface area contributed by atoms with Crippen LogP contribution in [0.3, 0.4) is 0 Å². The van der Waals surface area contributed by atoms with Crippen molar-refractivity contribution in [3.05, 3.63) is 0 Å². The zero-order chi connectivity index (χ0) is 43.7. The SMILES string of the molecule is CCCCCCCCCCCC(=O)N[C@H](C(=O)N(CCCC)CCCC)C(CC(=O)O)N(C(=O)C(CC)CCCC)[C@@H](CCC(=O)O)C(=O)N(CCCC)CCCC. The van der Waals surface area contributed by atoms with Gasteiger partial charge in [-0.15, -0.1) is 0 Å². The average Bonchev–Trinajstić information content (AvgIpc) is 3.19. The Morgan fingerprint density at radius 1 is 0.483 bits per heavy atom. The number of aliphatic carboxylic acids is 2. The van der Waals surface area contributed by atoms with E-state index in [2.05, 4.69) is 12.2 Å². The molecule has 0 aliphatic carbocycles. The standard InChI is InChI=1S/C46H86N4O8/c1-8-15-21-22-23-24-25-26-27-29-40(51)47-43(46(58)49(34-19-12-5)35-20-13-6)39(36-42(54)55)50(44(56)37(14-7)28-16-9-2)38(30-31-41(52)53)45(57)48(32-17-10-3)33-18-11-4/h37-39,43H,8-36H2,1-7H3,(H,47,51)(H,52,53)(H,54,55)/t37?,38-,39?,43-/m0/s1. The molecule has 12 heteroatoms. The number of unbranched alkanes of at least 4 members (excludes halogenated alkanes) is 13. The lowest BCUT2D eigenvalue weighted by molar-refractivity contribution is -0.158. The van der Waals surface area contributed by atoms with Gasteiger partial charge in [-0.3, -0.25) is 28.8 Å². The van der Waals surface area contributed by atoms with Crippen LogP contribution >= 0.6 is 0 Å². The van der Waals surface area contributed by atoms with Crippen molar-refractivity contribution in [2.24, 2.45) is 5.92 Å². The minimum absolute atomic E-state index is 0.133. The van der Waals surface area contributed by atoms with Crippen molar-refractivity contribution in [2.75, 3.05) is 26.2 Å². The lowest BCUT2D eigenvalue weighted by Gasteiger charge is -2.44. The van der Waals surface area contributed by atoms with Crippen LogP contribution in [-0.4, -0.2) is 105 Å². The second-order valence-electron chi connectivity index (χ2n) is 16.3. The highest BCUT2D eigenvalue weighted by atomic mass is 16.4. The molecule has 0 rings (SSSR count). The number of hydrogen-bond donors (Lipinski definition) is 3. The molecule has 0 radical (unpaired) electrons. The minimum Gasteiger partial charge on any atom is -0.481 e. The summed E-state index contributed by atoms with van der Waals surface area (Å²) in [6.45, 7) is 15.7. The predicted molar refractivity (Wildman–Crippen MR) is 233 cm³/mol.